The van der Waals surface area contributed by atoms with Gasteiger partial charge in [0.1, 0.15) is 0 Å². The number of nitrogens with zero attached hydrogens (tertiary/aromatic N) is 2. The number of piperazine rings is 1. The summed E-state index contributed by atoms with van der Waals surface area (Å²) in [5.74, 6) is 0.681. The summed E-state index contributed by atoms with van der Waals surface area (Å²) in [6.07, 6.45) is 1.68. The molecular weight excluding hydrogens is 340 g/mol. The number of nitrogens with one attached hydrogen (secondary N) is 2. The Morgan fingerprint density at radius 3 is 2.64 bits per heavy atom. The maximum absolute atomic E-state index is 12.6. The number of para-hydroxylation sites is 1. The average Bonchev–Trinajstić information content (AvgIpc) is 3.08. The van der Waals surface area contributed by atoms with Crippen LogP contribution >= 0.6 is 0 Å². The standard InChI is InChI=1S/C17H18N4O3S/c22-25(23,20-14-4-2-1-3-5-14)15-12-13-6-7-19-17(16(13)24-15)21-10-8-18-9-11-21/h1-7,12,18,20H,8-11H2. The first kappa shape index (κ1) is 15.9. The van der Waals surface area contributed by atoms with E-state index in [0.29, 0.717) is 17.1 Å². The van der Waals surface area contributed by atoms with E-state index in [9.17, 15) is 8.42 Å². The van der Waals surface area contributed by atoms with Gasteiger partial charge in [0.25, 0.3) is 10.0 Å². The molecule has 1 aromatic carbocycles. The summed E-state index contributed by atoms with van der Waals surface area (Å²) < 4.78 is 33.5. The maximum Gasteiger partial charge on any atom is 0.295 e. The fraction of sp³-hybridized carbons (Fsp3) is 0.235. The fourth-order valence-corrected chi connectivity index (χ4v) is 3.89. The van der Waals surface area contributed by atoms with Crippen LogP contribution < -0.4 is 14.9 Å². The van der Waals surface area contributed by atoms with Gasteiger partial charge in [-0.3, -0.25) is 4.72 Å². The lowest BCUT2D eigenvalue weighted by Crippen LogP contribution is -2.43. The van der Waals surface area contributed by atoms with Crippen molar-refractivity contribution in [3.05, 3.63) is 48.7 Å². The summed E-state index contributed by atoms with van der Waals surface area (Å²) in [4.78, 5) is 6.50. The first-order valence-corrected chi connectivity index (χ1v) is 9.54. The molecule has 1 aliphatic rings. The highest BCUT2D eigenvalue weighted by Gasteiger charge is 2.23. The number of furan rings is 1. The number of pyridine rings is 1. The normalized spacial score (nSPS) is 15.4. The van der Waals surface area contributed by atoms with Crippen LogP contribution in [0, 0.1) is 0 Å². The zero-order chi connectivity index (χ0) is 17.3. The van der Waals surface area contributed by atoms with Crippen molar-refractivity contribution in [1.29, 1.82) is 0 Å². The third kappa shape index (κ3) is 3.18. The molecule has 2 N–H and O–H groups in total. The van der Waals surface area contributed by atoms with Gasteiger partial charge in [0.05, 0.1) is 0 Å². The molecule has 2 aromatic heterocycles. The average molecular weight is 358 g/mol. The summed E-state index contributed by atoms with van der Waals surface area (Å²) in [6, 6.07) is 12.0. The van der Waals surface area contributed by atoms with Crippen LogP contribution in [0.15, 0.2) is 58.2 Å². The number of sulfonamides is 1. The number of anilines is 2. The summed E-state index contributed by atoms with van der Waals surface area (Å²) >= 11 is 0. The van der Waals surface area contributed by atoms with Gasteiger partial charge >= 0.3 is 0 Å². The van der Waals surface area contributed by atoms with E-state index in [4.69, 9.17) is 4.42 Å². The molecule has 0 amide bonds. The Balaban J connectivity index is 1.71. The Bertz CT molecular complexity index is 980. The van der Waals surface area contributed by atoms with E-state index < -0.39 is 10.0 Å². The van der Waals surface area contributed by atoms with Crippen molar-refractivity contribution in [2.75, 3.05) is 35.8 Å². The van der Waals surface area contributed by atoms with E-state index in [1.807, 2.05) is 6.07 Å². The highest BCUT2D eigenvalue weighted by Crippen LogP contribution is 2.30. The monoisotopic (exact) mass is 358 g/mol. The molecule has 1 aliphatic heterocycles. The molecule has 1 saturated heterocycles. The molecular formula is C17H18N4O3S. The van der Waals surface area contributed by atoms with Gasteiger partial charge < -0.3 is 14.6 Å². The van der Waals surface area contributed by atoms with Crippen molar-refractivity contribution in [1.82, 2.24) is 10.3 Å². The SMILES string of the molecule is O=S(=O)(Nc1ccccc1)c1cc2ccnc(N3CCNCC3)c2o1. The Labute approximate surface area is 145 Å². The predicted octanol–water partition coefficient (Wildman–Crippen LogP) is 2.04. The first-order chi connectivity index (χ1) is 12.1. The van der Waals surface area contributed by atoms with Gasteiger partial charge in [-0.25, -0.2) is 4.98 Å². The molecule has 1 fully saturated rings. The van der Waals surface area contributed by atoms with Crippen LogP contribution in [-0.2, 0) is 10.0 Å². The Morgan fingerprint density at radius 1 is 1.12 bits per heavy atom. The third-order valence-corrected chi connectivity index (χ3v) is 5.33. The zero-order valence-corrected chi connectivity index (χ0v) is 14.3. The molecule has 0 atom stereocenters. The lowest BCUT2D eigenvalue weighted by atomic mass is 10.3. The topological polar surface area (TPSA) is 87.5 Å². The summed E-state index contributed by atoms with van der Waals surface area (Å²) in [5, 5.41) is 3.89. The minimum absolute atomic E-state index is 0.115. The van der Waals surface area contributed by atoms with Crippen LogP contribution in [0.25, 0.3) is 11.0 Å². The molecule has 130 valence electrons. The maximum atomic E-state index is 12.6. The number of benzene rings is 1. The molecule has 8 heteroatoms. The first-order valence-electron chi connectivity index (χ1n) is 8.05. The molecule has 0 bridgehead atoms. The molecule has 7 nitrogen and oxygen atoms in total. The molecule has 3 aromatic rings. The quantitative estimate of drug-likeness (QED) is 0.742. The van der Waals surface area contributed by atoms with Gasteiger partial charge in [0.15, 0.2) is 11.4 Å². The minimum Gasteiger partial charge on any atom is -0.439 e. The second-order valence-corrected chi connectivity index (χ2v) is 7.44. The van der Waals surface area contributed by atoms with Crippen molar-refractivity contribution in [3.63, 3.8) is 0 Å². The van der Waals surface area contributed by atoms with Gasteiger partial charge in [-0.15, -0.1) is 0 Å². The number of aromatic nitrogens is 1. The van der Waals surface area contributed by atoms with Gasteiger partial charge in [-0.1, -0.05) is 18.2 Å². The summed E-state index contributed by atoms with van der Waals surface area (Å²) in [6.45, 7) is 3.33. The molecule has 0 spiro atoms. The smallest absolute Gasteiger partial charge is 0.295 e. The Hall–Kier alpha value is -2.58. The largest absolute Gasteiger partial charge is 0.439 e. The molecule has 4 rings (SSSR count). The Morgan fingerprint density at radius 2 is 1.88 bits per heavy atom. The van der Waals surface area contributed by atoms with Crippen LogP contribution in [0.2, 0.25) is 0 Å². The van der Waals surface area contributed by atoms with Crippen molar-refractivity contribution in [2.45, 2.75) is 5.09 Å². The van der Waals surface area contributed by atoms with Crippen LogP contribution in [0.1, 0.15) is 0 Å². The molecule has 0 aliphatic carbocycles. The number of fused-ring (bicyclic) bond motifs is 1. The molecule has 0 saturated carbocycles. The van der Waals surface area contributed by atoms with E-state index in [1.165, 1.54) is 6.07 Å². The summed E-state index contributed by atoms with van der Waals surface area (Å²) in [5.41, 5.74) is 0.987. The predicted molar refractivity (Wildman–Crippen MR) is 96.3 cm³/mol. The second kappa shape index (κ2) is 6.38. The van der Waals surface area contributed by atoms with E-state index in [2.05, 4.69) is 19.9 Å². The second-order valence-electron chi connectivity index (χ2n) is 5.83. The molecule has 3 heterocycles. The van der Waals surface area contributed by atoms with Gasteiger partial charge in [0.2, 0.25) is 5.09 Å². The summed E-state index contributed by atoms with van der Waals surface area (Å²) in [7, 11) is -3.80. The van der Waals surface area contributed by atoms with Crippen molar-refractivity contribution in [2.24, 2.45) is 0 Å². The lowest BCUT2D eigenvalue weighted by molar-refractivity contribution is 0.481. The molecule has 25 heavy (non-hydrogen) atoms. The molecule has 0 unspecified atom stereocenters. The highest BCUT2D eigenvalue weighted by atomic mass is 32.2. The van der Waals surface area contributed by atoms with Gasteiger partial charge in [0, 0.05) is 49.5 Å². The number of rotatable bonds is 4. The number of hydrogen-bond donors (Lipinski definition) is 2. The minimum atomic E-state index is -3.80. The zero-order valence-electron chi connectivity index (χ0n) is 13.5. The molecule has 0 radical (unpaired) electrons. The highest BCUT2D eigenvalue weighted by molar-refractivity contribution is 7.92. The van der Waals surface area contributed by atoms with Crippen molar-refractivity contribution in [3.8, 4) is 0 Å². The van der Waals surface area contributed by atoms with E-state index in [-0.39, 0.29) is 5.09 Å². The van der Waals surface area contributed by atoms with Crippen molar-refractivity contribution >= 4 is 32.5 Å². The third-order valence-electron chi connectivity index (χ3n) is 4.10. The van der Waals surface area contributed by atoms with Crippen molar-refractivity contribution < 1.29 is 12.8 Å². The van der Waals surface area contributed by atoms with Crippen LogP contribution in [0.3, 0.4) is 0 Å². The lowest BCUT2D eigenvalue weighted by Gasteiger charge is -2.28. The Kier molecular flexibility index (Phi) is 4.06. The van der Waals surface area contributed by atoms with Crippen LogP contribution in [0.4, 0.5) is 11.5 Å². The van der Waals surface area contributed by atoms with Crippen LogP contribution in [0.5, 0.6) is 0 Å². The van der Waals surface area contributed by atoms with Crippen LogP contribution in [-0.4, -0.2) is 39.6 Å². The van der Waals surface area contributed by atoms with Gasteiger partial charge in [-0.2, -0.15) is 8.42 Å². The van der Waals surface area contributed by atoms with E-state index in [0.717, 1.165) is 31.6 Å². The van der Waals surface area contributed by atoms with E-state index >= 15 is 0 Å². The number of hydrogen-bond acceptors (Lipinski definition) is 6. The van der Waals surface area contributed by atoms with E-state index in [1.54, 1.807) is 36.5 Å². The fourth-order valence-electron chi connectivity index (χ4n) is 2.87. The van der Waals surface area contributed by atoms with Gasteiger partial charge in [-0.05, 0) is 18.2 Å².